The molecule has 9 aromatic carbocycles. The fourth-order valence-electron chi connectivity index (χ4n) is 8.49. The SMILES string of the molecule is c1ccc(-c2cc(-c3ccccc3)cc(-c3nc(-c4cccc(-c5cc6ccccc6cn5)c4)nc(-c4cc(-c5ccccc5)cc(-c5ccccc5-c5ccccc5)c4)n3)c2)cc1. The second-order valence-electron chi connectivity index (χ2n) is 15.9. The molecular weight excluding hydrogens is 777 g/mol. The van der Waals surface area contributed by atoms with Crippen LogP contribution < -0.4 is 0 Å². The van der Waals surface area contributed by atoms with E-state index < -0.39 is 0 Å². The van der Waals surface area contributed by atoms with E-state index in [0.29, 0.717) is 17.5 Å². The van der Waals surface area contributed by atoms with Gasteiger partial charge in [0.15, 0.2) is 17.5 Å². The number of nitrogens with zero attached hydrogens (tertiary/aromatic N) is 4. The van der Waals surface area contributed by atoms with Crippen LogP contribution in [0.3, 0.4) is 0 Å². The van der Waals surface area contributed by atoms with E-state index >= 15 is 0 Å². The van der Waals surface area contributed by atoms with Crippen molar-refractivity contribution in [3.05, 3.63) is 243 Å². The summed E-state index contributed by atoms with van der Waals surface area (Å²) in [7, 11) is 0. The normalized spacial score (nSPS) is 11.1. The van der Waals surface area contributed by atoms with Crippen molar-refractivity contribution in [3.63, 3.8) is 0 Å². The van der Waals surface area contributed by atoms with Crippen molar-refractivity contribution in [1.29, 1.82) is 0 Å². The summed E-state index contributed by atoms with van der Waals surface area (Å²) in [6.45, 7) is 0. The first-order valence-corrected chi connectivity index (χ1v) is 21.5. The lowest BCUT2D eigenvalue weighted by Gasteiger charge is -2.15. The predicted molar refractivity (Wildman–Crippen MR) is 264 cm³/mol. The Morgan fingerprint density at radius 2 is 0.578 bits per heavy atom. The number of benzene rings is 9. The predicted octanol–water partition coefficient (Wildman–Crippen LogP) is 15.4. The van der Waals surface area contributed by atoms with E-state index in [1.165, 1.54) is 0 Å². The standard InChI is InChI=1S/C60H40N4/c1-5-18-41(19-6-1)49-33-50(42-20-7-2-8-21-42)36-53(35-49)59-62-58(47-29-17-28-46(32-47)57-39-45-26-13-14-27-48(45)40-61-57)63-60(64-59)54-37-51(43-22-9-3-10-23-43)34-52(38-54)56-31-16-15-30-55(56)44-24-11-4-12-25-44/h1-40H. The highest BCUT2D eigenvalue weighted by atomic mass is 15.0. The minimum Gasteiger partial charge on any atom is -0.256 e. The fraction of sp³-hybridized carbons (Fsp3) is 0. The molecular formula is C60H40N4. The zero-order valence-corrected chi connectivity index (χ0v) is 34.9. The average molecular weight is 817 g/mol. The van der Waals surface area contributed by atoms with E-state index in [-0.39, 0.29) is 0 Å². The van der Waals surface area contributed by atoms with Crippen molar-refractivity contribution in [2.24, 2.45) is 0 Å². The van der Waals surface area contributed by atoms with Crippen LogP contribution in [-0.4, -0.2) is 19.9 Å². The summed E-state index contributed by atoms with van der Waals surface area (Å²) in [4.78, 5) is 21.0. The van der Waals surface area contributed by atoms with E-state index in [9.17, 15) is 0 Å². The smallest absolute Gasteiger partial charge is 0.164 e. The third kappa shape index (κ3) is 7.88. The zero-order chi connectivity index (χ0) is 42.7. The van der Waals surface area contributed by atoms with Crippen LogP contribution in [0, 0.1) is 0 Å². The molecule has 0 aliphatic rings. The van der Waals surface area contributed by atoms with Crippen LogP contribution in [0.25, 0.3) is 112 Å². The molecule has 2 aromatic heterocycles. The lowest BCUT2D eigenvalue weighted by molar-refractivity contribution is 1.07. The summed E-state index contributed by atoms with van der Waals surface area (Å²) in [5.74, 6) is 1.74. The molecule has 0 fully saturated rings. The van der Waals surface area contributed by atoms with Gasteiger partial charge in [0, 0.05) is 33.8 Å². The van der Waals surface area contributed by atoms with Gasteiger partial charge in [0.2, 0.25) is 0 Å². The number of hydrogen-bond acceptors (Lipinski definition) is 4. The van der Waals surface area contributed by atoms with Crippen LogP contribution in [0.1, 0.15) is 0 Å². The topological polar surface area (TPSA) is 51.6 Å². The van der Waals surface area contributed by atoms with Crippen molar-refractivity contribution in [2.45, 2.75) is 0 Å². The van der Waals surface area contributed by atoms with Crippen molar-refractivity contribution < 1.29 is 0 Å². The van der Waals surface area contributed by atoms with Gasteiger partial charge in [-0.1, -0.05) is 188 Å². The molecule has 0 amide bonds. The van der Waals surface area contributed by atoms with Gasteiger partial charge in [0.25, 0.3) is 0 Å². The minimum atomic E-state index is 0.574. The number of hydrogen-bond donors (Lipinski definition) is 0. The first kappa shape index (κ1) is 38.3. The highest BCUT2D eigenvalue weighted by Crippen LogP contribution is 2.39. The molecule has 0 spiro atoms. The molecule has 0 bridgehead atoms. The molecule has 64 heavy (non-hydrogen) atoms. The van der Waals surface area contributed by atoms with Crippen LogP contribution >= 0.6 is 0 Å². The van der Waals surface area contributed by atoms with Gasteiger partial charge < -0.3 is 0 Å². The summed E-state index contributed by atoms with van der Waals surface area (Å²) in [5, 5.41) is 2.24. The minimum absolute atomic E-state index is 0.574. The molecule has 300 valence electrons. The Kier molecular flexibility index (Phi) is 10.2. The maximum Gasteiger partial charge on any atom is 0.164 e. The monoisotopic (exact) mass is 816 g/mol. The van der Waals surface area contributed by atoms with Gasteiger partial charge in [-0.2, -0.15) is 0 Å². The molecule has 4 nitrogen and oxygen atoms in total. The molecule has 11 rings (SSSR count). The number of aromatic nitrogens is 4. The molecule has 0 aliphatic heterocycles. The van der Waals surface area contributed by atoms with Crippen molar-refractivity contribution >= 4 is 10.8 Å². The third-order valence-electron chi connectivity index (χ3n) is 11.7. The molecule has 0 atom stereocenters. The lowest BCUT2D eigenvalue weighted by atomic mass is 9.91. The number of fused-ring (bicyclic) bond motifs is 1. The number of rotatable bonds is 9. The molecule has 2 heterocycles. The van der Waals surface area contributed by atoms with Gasteiger partial charge in [-0.05, 0) is 110 Å². The van der Waals surface area contributed by atoms with Crippen LogP contribution in [0.5, 0.6) is 0 Å². The maximum atomic E-state index is 5.40. The van der Waals surface area contributed by atoms with E-state index in [1.807, 2.05) is 24.4 Å². The van der Waals surface area contributed by atoms with Gasteiger partial charge >= 0.3 is 0 Å². The summed E-state index contributed by atoms with van der Waals surface area (Å²) in [6, 6.07) is 82.9. The Labute approximate surface area is 373 Å². The molecule has 11 aromatic rings. The maximum absolute atomic E-state index is 5.40. The first-order chi connectivity index (χ1) is 31.7. The summed E-state index contributed by atoms with van der Waals surface area (Å²) in [6.07, 6.45) is 1.94. The van der Waals surface area contributed by atoms with E-state index in [1.54, 1.807) is 0 Å². The molecule has 0 unspecified atom stereocenters. The second-order valence-corrected chi connectivity index (χ2v) is 15.9. The molecule has 0 radical (unpaired) electrons. The average Bonchev–Trinajstić information content (AvgIpc) is 3.39. The van der Waals surface area contributed by atoms with Gasteiger partial charge in [0.1, 0.15) is 0 Å². The highest BCUT2D eigenvalue weighted by molar-refractivity contribution is 5.89. The van der Waals surface area contributed by atoms with Crippen molar-refractivity contribution in [3.8, 4) is 101 Å². The fourth-order valence-corrected chi connectivity index (χ4v) is 8.49. The number of pyridine rings is 1. The van der Waals surface area contributed by atoms with Crippen LogP contribution in [0.15, 0.2) is 243 Å². The van der Waals surface area contributed by atoms with Crippen LogP contribution in [-0.2, 0) is 0 Å². The Bertz CT molecular complexity index is 3370. The Balaban J connectivity index is 1.14. The Morgan fingerprint density at radius 3 is 1.12 bits per heavy atom. The third-order valence-corrected chi connectivity index (χ3v) is 11.7. The molecule has 0 aliphatic carbocycles. The largest absolute Gasteiger partial charge is 0.256 e. The van der Waals surface area contributed by atoms with Gasteiger partial charge in [-0.15, -0.1) is 0 Å². The van der Waals surface area contributed by atoms with Gasteiger partial charge in [-0.25, -0.2) is 15.0 Å². The second kappa shape index (κ2) is 17.0. The molecule has 4 heteroatoms. The van der Waals surface area contributed by atoms with E-state index in [0.717, 1.165) is 94.4 Å². The van der Waals surface area contributed by atoms with E-state index in [2.05, 4.69) is 218 Å². The molecule has 0 saturated carbocycles. The summed E-state index contributed by atoms with van der Waals surface area (Å²) >= 11 is 0. The summed E-state index contributed by atoms with van der Waals surface area (Å²) in [5.41, 5.74) is 15.6. The lowest BCUT2D eigenvalue weighted by Crippen LogP contribution is -2.01. The van der Waals surface area contributed by atoms with Crippen molar-refractivity contribution in [1.82, 2.24) is 19.9 Å². The van der Waals surface area contributed by atoms with Gasteiger partial charge in [0.05, 0.1) is 5.69 Å². The molecule has 0 saturated heterocycles. The molecule has 0 N–H and O–H groups in total. The quantitative estimate of drug-likeness (QED) is 0.146. The Hall–Kier alpha value is -8.60. The van der Waals surface area contributed by atoms with Crippen LogP contribution in [0.4, 0.5) is 0 Å². The van der Waals surface area contributed by atoms with Crippen LogP contribution in [0.2, 0.25) is 0 Å². The first-order valence-electron chi connectivity index (χ1n) is 21.5. The van der Waals surface area contributed by atoms with Crippen molar-refractivity contribution in [2.75, 3.05) is 0 Å². The highest BCUT2D eigenvalue weighted by Gasteiger charge is 2.18. The van der Waals surface area contributed by atoms with E-state index in [4.69, 9.17) is 19.9 Å². The zero-order valence-electron chi connectivity index (χ0n) is 34.9. The summed E-state index contributed by atoms with van der Waals surface area (Å²) < 4.78 is 0. The van der Waals surface area contributed by atoms with Gasteiger partial charge in [-0.3, -0.25) is 4.98 Å². The Morgan fingerprint density at radius 1 is 0.219 bits per heavy atom.